The van der Waals surface area contributed by atoms with Crippen molar-refractivity contribution in [2.45, 2.75) is 20.8 Å². The van der Waals surface area contributed by atoms with Crippen LogP contribution in [0.15, 0.2) is 59.0 Å². The molecule has 0 unspecified atom stereocenters. The number of nitrogens with one attached hydrogen (secondary N) is 1. The number of benzene rings is 2. The fourth-order valence-corrected chi connectivity index (χ4v) is 3.26. The minimum absolute atomic E-state index is 0.151. The van der Waals surface area contributed by atoms with Crippen molar-refractivity contribution < 1.29 is 23.8 Å². The Balaban J connectivity index is 1.57. The summed E-state index contributed by atoms with van der Waals surface area (Å²) >= 11 is 1.30. The van der Waals surface area contributed by atoms with Gasteiger partial charge in [0.15, 0.2) is 18.1 Å². The predicted octanol–water partition coefficient (Wildman–Crippen LogP) is 4.51. The highest BCUT2D eigenvalue weighted by atomic mass is 32.1. The second-order valence-corrected chi connectivity index (χ2v) is 7.78. The van der Waals surface area contributed by atoms with Crippen LogP contribution in [0.25, 0.3) is 0 Å². The first-order valence-corrected chi connectivity index (χ1v) is 10.9. The van der Waals surface area contributed by atoms with Gasteiger partial charge in [0.25, 0.3) is 5.91 Å². The number of aryl methyl sites for hydroxylation is 2. The van der Waals surface area contributed by atoms with Crippen molar-refractivity contribution in [1.29, 1.82) is 0 Å². The first-order valence-electron chi connectivity index (χ1n) is 10.0. The Hall–Kier alpha value is -3.65. The maximum absolute atomic E-state index is 12.2. The molecule has 3 aromatic rings. The number of carbonyl (C=O) groups excluding carboxylic acids is 2. The molecule has 0 saturated heterocycles. The van der Waals surface area contributed by atoms with Crippen molar-refractivity contribution in [3.05, 3.63) is 75.5 Å². The van der Waals surface area contributed by atoms with E-state index in [0.717, 1.165) is 11.1 Å². The molecule has 8 heteroatoms. The Kier molecular flexibility index (Phi) is 7.99. The van der Waals surface area contributed by atoms with E-state index in [9.17, 15) is 9.59 Å². The van der Waals surface area contributed by atoms with E-state index in [2.05, 4.69) is 10.5 Å². The van der Waals surface area contributed by atoms with Crippen molar-refractivity contribution in [1.82, 2.24) is 5.43 Å². The molecule has 0 spiro atoms. The highest BCUT2D eigenvalue weighted by molar-refractivity contribution is 7.12. The van der Waals surface area contributed by atoms with Gasteiger partial charge in [0.1, 0.15) is 10.6 Å². The van der Waals surface area contributed by atoms with Gasteiger partial charge in [0.2, 0.25) is 0 Å². The van der Waals surface area contributed by atoms with Crippen LogP contribution in [0.5, 0.6) is 17.2 Å². The van der Waals surface area contributed by atoms with Gasteiger partial charge in [-0.25, -0.2) is 10.2 Å². The smallest absolute Gasteiger partial charge is 0.353 e. The lowest BCUT2D eigenvalue weighted by Gasteiger charge is -2.11. The summed E-state index contributed by atoms with van der Waals surface area (Å²) < 4.78 is 16.5. The highest BCUT2D eigenvalue weighted by Gasteiger charge is 2.14. The van der Waals surface area contributed by atoms with E-state index in [1.807, 2.05) is 39.0 Å². The second-order valence-electron chi connectivity index (χ2n) is 6.83. The molecule has 0 aliphatic heterocycles. The minimum Gasteiger partial charge on any atom is -0.490 e. The zero-order valence-corrected chi connectivity index (χ0v) is 18.9. The van der Waals surface area contributed by atoms with Gasteiger partial charge in [-0.15, -0.1) is 11.3 Å². The van der Waals surface area contributed by atoms with Crippen molar-refractivity contribution in [3.63, 3.8) is 0 Å². The molecule has 2 aromatic carbocycles. The Labute approximate surface area is 190 Å². The lowest BCUT2D eigenvalue weighted by molar-refractivity contribution is -0.123. The standard InChI is InChI=1S/C24H24N2O5S/c1-4-29-21-13-18(8-10-20(21)31-24(28)22-6-5-11-32-22)14-25-26-23(27)15-30-19-9-7-16(2)17(3)12-19/h5-14H,4,15H2,1-3H3,(H,26,27). The third-order valence-electron chi connectivity index (χ3n) is 4.44. The molecule has 0 bridgehead atoms. The van der Waals surface area contributed by atoms with Crippen LogP contribution in [-0.4, -0.2) is 31.3 Å². The van der Waals surface area contributed by atoms with Crippen molar-refractivity contribution in [3.8, 4) is 17.2 Å². The van der Waals surface area contributed by atoms with Crippen LogP contribution in [0.2, 0.25) is 0 Å². The number of nitrogens with zero attached hydrogens (tertiary/aromatic N) is 1. The molecule has 32 heavy (non-hydrogen) atoms. The van der Waals surface area contributed by atoms with E-state index in [4.69, 9.17) is 14.2 Å². The number of amides is 1. The van der Waals surface area contributed by atoms with E-state index in [0.29, 0.717) is 34.3 Å². The summed E-state index contributed by atoms with van der Waals surface area (Å²) in [5.74, 6) is 0.518. The molecule has 1 aromatic heterocycles. The van der Waals surface area contributed by atoms with E-state index < -0.39 is 5.97 Å². The van der Waals surface area contributed by atoms with Gasteiger partial charge >= 0.3 is 5.97 Å². The molecular formula is C24H24N2O5S. The SMILES string of the molecule is CCOc1cc(C=NNC(=O)COc2ccc(C)c(C)c2)ccc1OC(=O)c1cccs1. The number of thiophene rings is 1. The number of hydrogen-bond acceptors (Lipinski definition) is 7. The second kappa shape index (κ2) is 11.1. The van der Waals surface area contributed by atoms with Crippen LogP contribution >= 0.6 is 11.3 Å². The van der Waals surface area contributed by atoms with Gasteiger partial charge in [-0.3, -0.25) is 4.79 Å². The molecule has 1 N–H and O–H groups in total. The fourth-order valence-electron chi connectivity index (χ4n) is 2.67. The lowest BCUT2D eigenvalue weighted by atomic mass is 10.1. The van der Waals surface area contributed by atoms with Crippen LogP contribution in [-0.2, 0) is 4.79 Å². The predicted molar refractivity (Wildman–Crippen MR) is 124 cm³/mol. The molecule has 0 saturated carbocycles. The Morgan fingerprint density at radius 3 is 2.59 bits per heavy atom. The van der Waals surface area contributed by atoms with Gasteiger partial charge in [-0.2, -0.15) is 5.10 Å². The van der Waals surface area contributed by atoms with Crippen LogP contribution in [0.3, 0.4) is 0 Å². The van der Waals surface area contributed by atoms with Gasteiger partial charge in [0.05, 0.1) is 12.8 Å². The van der Waals surface area contributed by atoms with Gasteiger partial charge in [-0.1, -0.05) is 12.1 Å². The van der Waals surface area contributed by atoms with Gasteiger partial charge in [-0.05, 0) is 79.2 Å². The molecule has 3 rings (SSSR count). The van der Waals surface area contributed by atoms with Crippen LogP contribution < -0.4 is 19.6 Å². The normalized spacial score (nSPS) is 10.7. The lowest BCUT2D eigenvalue weighted by Crippen LogP contribution is -2.24. The number of hydrazone groups is 1. The summed E-state index contributed by atoms with van der Waals surface area (Å²) in [5, 5.41) is 5.76. The average molecular weight is 453 g/mol. The fraction of sp³-hybridized carbons (Fsp3) is 0.208. The molecule has 166 valence electrons. The number of rotatable bonds is 9. The molecule has 0 radical (unpaired) electrons. The minimum atomic E-state index is -0.446. The van der Waals surface area contributed by atoms with Gasteiger partial charge < -0.3 is 14.2 Å². The highest BCUT2D eigenvalue weighted by Crippen LogP contribution is 2.29. The third-order valence-corrected chi connectivity index (χ3v) is 5.29. The van der Waals surface area contributed by atoms with E-state index in [1.54, 1.807) is 35.7 Å². The topological polar surface area (TPSA) is 86.2 Å². The third kappa shape index (κ3) is 6.42. The van der Waals surface area contributed by atoms with E-state index in [1.165, 1.54) is 17.6 Å². The zero-order chi connectivity index (χ0) is 22.9. The maximum Gasteiger partial charge on any atom is 0.353 e. The quantitative estimate of drug-likeness (QED) is 0.223. The first-order chi connectivity index (χ1) is 15.5. The van der Waals surface area contributed by atoms with Crippen molar-refractivity contribution in [2.24, 2.45) is 5.10 Å². The average Bonchev–Trinajstić information content (AvgIpc) is 3.32. The monoisotopic (exact) mass is 452 g/mol. The number of ether oxygens (including phenoxy) is 3. The Morgan fingerprint density at radius 2 is 1.88 bits per heavy atom. The first kappa shape index (κ1) is 23.0. The van der Waals surface area contributed by atoms with Crippen LogP contribution in [0.1, 0.15) is 33.3 Å². The summed E-state index contributed by atoms with van der Waals surface area (Å²) in [6.07, 6.45) is 1.47. The summed E-state index contributed by atoms with van der Waals surface area (Å²) in [5.41, 5.74) is 5.34. The molecule has 0 aliphatic carbocycles. The molecule has 7 nitrogen and oxygen atoms in total. The summed E-state index contributed by atoms with van der Waals surface area (Å²) in [7, 11) is 0. The molecule has 1 heterocycles. The Bertz CT molecular complexity index is 1110. The number of hydrogen-bond donors (Lipinski definition) is 1. The molecule has 0 atom stereocenters. The summed E-state index contributed by atoms with van der Waals surface area (Å²) in [6.45, 7) is 6.08. The van der Waals surface area contributed by atoms with Crippen LogP contribution in [0.4, 0.5) is 0 Å². The Morgan fingerprint density at radius 1 is 1.03 bits per heavy atom. The number of carbonyl (C=O) groups is 2. The largest absolute Gasteiger partial charge is 0.490 e. The van der Waals surface area contributed by atoms with E-state index in [-0.39, 0.29) is 12.5 Å². The van der Waals surface area contributed by atoms with E-state index >= 15 is 0 Å². The molecular weight excluding hydrogens is 428 g/mol. The molecule has 0 fully saturated rings. The van der Waals surface area contributed by atoms with Crippen molar-refractivity contribution in [2.75, 3.05) is 13.2 Å². The zero-order valence-electron chi connectivity index (χ0n) is 18.1. The van der Waals surface area contributed by atoms with Gasteiger partial charge in [0, 0.05) is 0 Å². The van der Waals surface area contributed by atoms with Crippen molar-refractivity contribution >= 4 is 29.4 Å². The molecule has 1 amide bonds. The summed E-state index contributed by atoms with van der Waals surface area (Å²) in [4.78, 5) is 24.7. The molecule has 0 aliphatic rings. The van der Waals surface area contributed by atoms with Crippen LogP contribution in [0, 0.1) is 13.8 Å². The maximum atomic E-state index is 12.2. The number of esters is 1. The summed E-state index contributed by atoms with van der Waals surface area (Å²) in [6, 6.07) is 14.1.